The second-order valence-corrected chi connectivity index (χ2v) is 8.99. The van der Waals surface area contributed by atoms with Crippen molar-refractivity contribution in [2.24, 2.45) is 0 Å². The van der Waals surface area contributed by atoms with Gasteiger partial charge in [0, 0.05) is 32.0 Å². The Morgan fingerprint density at radius 3 is 2.32 bits per heavy atom. The van der Waals surface area contributed by atoms with Gasteiger partial charge in [-0.2, -0.15) is 0 Å². The van der Waals surface area contributed by atoms with Crippen molar-refractivity contribution in [3.05, 3.63) is 59.7 Å². The van der Waals surface area contributed by atoms with E-state index in [0.717, 1.165) is 22.3 Å². The first kappa shape index (κ1) is 23.8. The summed E-state index contributed by atoms with van der Waals surface area (Å²) < 4.78 is 10.7. The number of nitrogens with zero attached hydrogens (tertiary/aromatic N) is 1. The third-order valence-corrected chi connectivity index (χ3v) is 6.76. The molecule has 34 heavy (non-hydrogen) atoms. The molecular weight excluding hydrogens is 436 g/mol. The number of fused-ring (bicyclic) bond motifs is 3. The Balaban J connectivity index is 1.34. The molecule has 8 nitrogen and oxygen atoms in total. The second-order valence-electron chi connectivity index (χ2n) is 8.99. The lowest BCUT2D eigenvalue weighted by molar-refractivity contribution is -0.160. The lowest BCUT2D eigenvalue weighted by Crippen LogP contribution is -2.56. The van der Waals surface area contributed by atoms with E-state index in [1.54, 1.807) is 6.92 Å². The predicted molar refractivity (Wildman–Crippen MR) is 125 cm³/mol. The zero-order valence-electron chi connectivity index (χ0n) is 19.5. The number of carboxylic acid groups (broad SMARTS) is 1. The molecule has 2 amide bonds. The summed E-state index contributed by atoms with van der Waals surface area (Å²) in [5, 5.41) is 12.5. The third kappa shape index (κ3) is 4.37. The van der Waals surface area contributed by atoms with Crippen molar-refractivity contribution in [1.29, 1.82) is 0 Å². The number of carbonyl (C=O) groups excluding carboxylic acids is 2. The average molecular weight is 467 g/mol. The molecule has 180 valence electrons. The van der Waals surface area contributed by atoms with Crippen LogP contribution >= 0.6 is 0 Å². The Bertz CT molecular complexity index is 1040. The molecular formula is C26H30N2O6. The van der Waals surface area contributed by atoms with Crippen molar-refractivity contribution >= 4 is 18.0 Å². The average Bonchev–Trinajstić information content (AvgIpc) is 3.38. The van der Waals surface area contributed by atoms with Crippen molar-refractivity contribution < 1.29 is 29.0 Å². The monoisotopic (exact) mass is 466 g/mol. The van der Waals surface area contributed by atoms with Crippen LogP contribution in [0.25, 0.3) is 11.1 Å². The van der Waals surface area contributed by atoms with Crippen LogP contribution in [0.2, 0.25) is 0 Å². The number of hydrogen-bond donors (Lipinski definition) is 2. The first-order chi connectivity index (χ1) is 16.4. The number of alkyl carbamates (subject to hydrolysis) is 1. The van der Waals surface area contributed by atoms with Gasteiger partial charge in [-0.05, 0) is 42.0 Å². The maximum Gasteiger partial charge on any atom is 0.407 e. The van der Waals surface area contributed by atoms with E-state index in [-0.39, 0.29) is 31.5 Å². The van der Waals surface area contributed by atoms with Gasteiger partial charge < -0.3 is 24.8 Å². The van der Waals surface area contributed by atoms with Crippen LogP contribution in [-0.4, -0.2) is 66.4 Å². The minimum absolute atomic E-state index is 0.0249. The predicted octanol–water partition coefficient (Wildman–Crippen LogP) is 3.40. The van der Waals surface area contributed by atoms with Gasteiger partial charge >= 0.3 is 12.1 Å². The van der Waals surface area contributed by atoms with E-state index in [4.69, 9.17) is 9.47 Å². The summed E-state index contributed by atoms with van der Waals surface area (Å²) in [5.41, 5.74) is 3.19. The molecule has 2 aromatic rings. The molecule has 0 aromatic heterocycles. The number of carbonyl (C=O) groups is 3. The topological polar surface area (TPSA) is 105 Å². The van der Waals surface area contributed by atoms with E-state index in [1.807, 2.05) is 36.4 Å². The summed E-state index contributed by atoms with van der Waals surface area (Å²) >= 11 is 0. The van der Waals surface area contributed by atoms with Gasteiger partial charge in [0.05, 0.1) is 6.61 Å². The zero-order valence-corrected chi connectivity index (χ0v) is 19.5. The Kier molecular flexibility index (Phi) is 6.88. The SMILES string of the molecule is COCC1(C(=O)O)CCCN1C(=O)C[C@@H](C)NC(=O)OCC1c2ccccc2-c2ccccc21. The molecule has 0 saturated carbocycles. The molecule has 1 unspecified atom stereocenters. The molecule has 8 heteroatoms. The quantitative estimate of drug-likeness (QED) is 0.618. The molecule has 2 aliphatic rings. The fourth-order valence-electron chi connectivity index (χ4n) is 5.18. The highest BCUT2D eigenvalue weighted by Gasteiger charge is 2.50. The fourth-order valence-corrected chi connectivity index (χ4v) is 5.18. The Morgan fingerprint density at radius 2 is 1.74 bits per heavy atom. The number of ether oxygens (including phenoxy) is 2. The van der Waals surface area contributed by atoms with Gasteiger partial charge in [0.25, 0.3) is 0 Å². The van der Waals surface area contributed by atoms with Crippen LogP contribution in [0.15, 0.2) is 48.5 Å². The van der Waals surface area contributed by atoms with E-state index >= 15 is 0 Å². The number of aliphatic carboxylic acids is 1. The minimum atomic E-state index is -1.35. The lowest BCUT2D eigenvalue weighted by atomic mass is 9.97. The smallest absolute Gasteiger partial charge is 0.407 e. The maximum atomic E-state index is 12.9. The number of methoxy groups -OCH3 is 1. The molecule has 1 aliphatic carbocycles. The molecule has 1 heterocycles. The number of benzene rings is 2. The molecule has 2 atom stereocenters. The Morgan fingerprint density at radius 1 is 1.12 bits per heavy atom. The molecule has 1 fully saturated rings. The maximum absolute atomic E-state index is 12.9. The van der Waals surface area contributed by atoms with Crippen LogP contribution in [0.4, 0.5) is 4.79 Å². The molecule has 0 bridgehead atoms. The minimum Gasteiger partial charge on any atom is -0.479 e. The molecule has 1 saturated heterocycles. The molecule has 0 radical (unpaired) electrons. The van der Waals surface area contributed by atoms with Gasteiger partial charge in [-0.15, -0.1) is 0 Å². The number of rotatable bonds is 8. The van der Waals surface area contributed by atoms with Crippen molar-refractivity contribution in [2.45, 2.75) is 43.7 Å². The Labute approximate surface area is 198 Å². The number of nitrogens with one attached hydrogen (secondary N) is 1. The number of carboxylic acids is 1. The zero-order chi connectivity index (χ0) is 24.3. The number of hydrogen-bond acceptors (Lipinski definition) is 5. The van der Waals surface area contributed by atoms with Crippen LogP contribution in [0.1, 0.15) is 43.2 Å². The highest BCUT2D eigenvalue weighted by molar-refractivity contribution is 5.88. The van der Waals surface area contributed by atoms with Crippen LogP contribution in [0.3, 0.4) is 0 Å². The normalized spacial score (nSPS) is 19.9. The highest BCUT2D eigenvalue weighted by atomic mass is 16.5. The first-order valence-electron chi connectivity index (χ1n) is 11.5. The molecule has 1 aliphatic heterocycles. The third-order valence-electron chi connectivity index (χ3n) is 6.76. The van der Waals surface area contributed by atoms with E-state index in [0.29, 0.717) is 19.4 Å². The Hall–Kier alpha value is -3.39. The van der Waals surface area contributed by atoms with E-state index in [9.17, 15) is 19.5 Å². The van der Waals surface area contributed by atoms with Crippen LogP contribution in [0.5, 0.6) is 0 Å². The van der Waals surface area contributed by atoms with Crippen LogP contribution < -0.4 is 5.32 Å². The van der Waals surface area contributed by atoms with Crippen molar-refractivity contribution in [2.75, 3.05) is 26.9 Å². The largest absolute Gasteiger partial charge is 0.479 e. The summed E-state index contributed by atoms with van der Waals surface area (Å²) in [6, 6.07) is 15.7. The molecule has 0 spiro atoms. The summed E-state index contributed by atoms with van der Waals surface area (Å²) in [6.07, 6.45) is 0.305. The lowest BCUT2D eigenvalue weighted by Gasteiger charge is -2.34. The number of likely N-dealkylation sites (tertiary alicyclic amines) is 1. The molecule has 2 aromatic carbocycles. The fraction of sp³-hybridized carbons (Fsp3) is 0.423. The first-order valence-corrected chi connectivity index (χ1v) is 11.5. The van der Waals surface area contributed by atoms with E-state index in [2.05, 4.69) is 17.4 Å². The van der Waals surface area contributed by atoms with Crippen LogP contribution in [0, 0.1) is 0 Å². The van der Waals surface area contributed by atoms with Crippen molar-refractivity contribution in [3.63, 3.8) is 0 Å². The van der Waals surface area contributed by atoms with Gasteiger partial charge in [0.15, 0.2) is 5.54 Å². The standard InChI is InChI=1S/C26H30N2O6/c1-17(14-23(29)28-13-7-12-26(28,16-33-2)24(30)31)27-25(32)34-15-22-20-10-5-3-8-18(20)19-9-4-6-11-21(19)22/h3-6,8-11,17,22H,7,12-16H2,1-2H3,(H,27,32)(H,30,31)/t17-,26?/m1/s1. The summed E-state index contributed by atoms with van der Waals surface area (Å²) in [6.45, 7) is 2.17. The van der Waals surface area contributed by atoms with Gasteiger partial charge in [-0.3, -0.25) is 4.79 Å². The highest BCUT2D eigenvalue weighted by Crippen LogP contribution is 2.44. The van der Waals surface area contributed by atoms with Crippen molar-refractivity contribution in [1.82, 2.24) is 10.2 Å². The van der Waals surface area contributed by atoms with Crippen molar-refractivity contribution in [3.8, 4) is 11.1 Å². The summed E-state index contributed by atoms with van der Waals surface area (Å²) in [5.74, 6) is -1.45. The number of amides is 2. The van der Waals surface area contributed by atoms with Crippen LogP contribution in [-0.2, 0) is 19.1 Å². The van der Waals surface area contributed by atoms with Gasteiger partial charge in [-0.25, -0.2) is 9.59 Å². The summed E-state index contributed by atoms with van der Waals surface area (Å²) in [7, 11) is 1.42. The molecule has 4 rings (SSSR count). The second kappa shape index (κ2) is 9.85. The van der Waals surface area contributed by atoms with Gasteiger partial charge in [-0.1, -0.05) is 48.5 Å². The van der Waals surface area contributed by atoms with E-state index < -0.39 is 23.6 Å². The van der Waals surface area contributed by atoms with Gasteiger partial charge in [0.2, 0.25) is 5.91 Å². The van der Waals surface area contributed by atoms with Gasteiger partial charge in [0.1, 0.15) is 6.61 Å². The summed E-state index contributed by atoms with van der Waals surface area (Å²) in [4.78, 5) is 38.7. The molecule has 2 N–H and O–H groups in total. The van der Waals surface area contributed by atoms with E-state index in [1.165, 1.54) is 12.0 Å².